The van der Waals surface area contributed by atoms with Gasteiger partial charge in [0.25, 0.3) is 0 Å². The molecule has 0 aliphatic carbocycles. The molecule has 0 fully saturated rings. The van der Waals surface area contributed by atoms with Crippen molar-refractivity contribution in [3.63, 3.8) is 0 Å². The Labute approximate surface area is 156 Å². The molecule has 0 saturated heterocycles. The van der Waals surface area contributed by atoms with Gasteiger partial charge < -0.3 is 5.11 Å². The van der Waals surface area contributed by atoms with Crippen molar-refractivity contribution in [1.29, 1.82) is 0 Å². The van der Waals surface area contributed by atoms with Gasteiger partial charge in [0.1, 0.15) is 5.75 Å². The Hall–Kier alpha value is -0.366. The summed E-state index contributed by atoms with van der Waals surface area (Å²) in [7, 11) is 12.0. The maximum absolute atomic E-state index is 10.2. The van der Waals surface area contributed by atoms with Crippen molar-refractivity contribution in [2.75, 3.05) is 7.05 Å². The molecule has 0 heterocycles. The van der Waals surface area contributed by atoms with Gasteiger partial charge in [0.05, 0.1) is 0 Å². The Bertz CT molecular complexity index is 692. The first-order valence-electron chi connectivity index (χ1n) is 7.01. The van der Waals surface area contributed by atoms with Crippen LogP contribution in [0, 0.1) is 13.8 Å². The van der Waals surface area contributed by atoms with Crippen LogP contribution in [0.5, 0.6) is 5.75 Å². The minimum atomic E-state index is -0.556. The van der Waals surface area contributed by atoms with Gasteiger partial charge >= 0.3 is 35.6 Å². The molecule has 2 nitrogen and oxygen atoms in total. The van der Waals surface area contributed by atoms with Crippen LogP contribution < -0.4 is 10.6 Å². The van der Waals surface area contributed by atoms with Crippen LogP contribution in [-0.4, -0.2) is 17.9 Å². The minimum absolute atomic E-state index is 0.408. The quantitative estimate of drug-likeness (QED) is 0.458. The van der Waals surface area contributed by atoms with E-state index in [1.165, 1.54) is 16.4 Å². The van der Waals surface area contributed by atoms with E-state index >= 15 is 0 Å². The van der Waals surface area contributed by atoms with Crippen LogP contribution in [0.25, 0.3) is 0 Å². The fourth-order valence-electron chi connectivity index (χ4n) is 2.15. The molecular formula is C17H20Cl2NOPTi. The second-order valence-electron chi connectivity index (χ2n) is 4.97. The van der Waals surface area contributed by atoms with Crippen LogP contribution >= 0.6 is 27.2 Å². The molecule has 0 aromatic heterocycles. The second-order valence-corrected chi connectivity index (χ2v) is 8.84. The van der Waals surface area contributed by atoms with Gasteiger partial charge in [-0.1, -0.05) is 45.0 Å². The molecule has 2 rings (SSSR count). The van der Waals surface area contributed by atoms with E-state index in [-0.39, 0.29) is 0 Å². The number of aromatic hydroxyl groups is 1. The number of para-hydroxylation sites is 1. The molecule has 0 amide bonds. The number of phenols is 1. The third-order valence-electron chi connectivity index (χ3n) is 3.50. The van der Waals surface area contributed by atoms with Crippen molar-refractivity contribution >= 4 is 43.5 Å². The number of hydrogen-bond donors (Lipinski definition) is 1. The van der Waals surface area contributed by atoms with Gasteiger partial charge in [-0.2, -0.15) is 0 Å². The zero-order chi connectivity index (χ0) is 17.4. The molecule has 6 heteroatoms. The molecule has 1 unspecified atom stereocenters. The number of aryl methyl sites for hydroxylation is 2. The summed E-state index contributed by atoms with van der Waals surface area (Å²) in [6.07, 6.45) is 0. The van der Waals surface area contributed by atoms with Gasteiger partial charge in [-0.15, -0.1) is 0 Å². The number of rotatable bonds is 3. The van der Waals surface area contributed by atoms with E-state index in [0.29, 0.717) is 14.3 Å². The summed E-state index contributed by atoms with van der Waals surface area (Å²) in [6, 6.07) is 12.2. The molecular weight excluding hydrogens is 384 g/mol. The first-order valence-corrected chi connectivity index (χ1v) is 12.3. The van der Waals surface area contributed by atoms with Crippen LogP contribution in [0.15, 0.2) is 41.4 Å². The predicted molar refractivity (Wildman–Crippen MR) is 101 cm³/mol. The van der Waals surface area contributed by atoms with Gasteiger partial charge in [-0.05, 0) is 37.2 Å². The van der Waals surface area contributed by atoms with Gasteiger partial charge in [0.2, 0.25) is 0 Å². The summed E-state index contributed by atoms with van der Waals surface area (Å²) >= 11 is -0.556. The SMILES string of the molecule is CN=C(C)c1cccc(C)c1Pc1cccc(C)c1O.[Cl][Ti][Cl]. The zero-order valence-electron chi connectivity index (χ0n) is 13.6. The van der Waals surface area contributed by atoms with Crippen molar-refractivity contribution in [2.24, 2.45) is 4.99 Å². The van der Waals surface area contributed by atoms with E-state index in [4.69, 9.17) is 18.6 Å². The molecule has 0 aliphatic heterocycles. The summed E-state index contributed by atoms with van der Waals surface area (Å²) in [5.74, 6) is 0.408. The topological polar surface area (TPSA) is 32.6 Å². The Balaban J connectivity index is 0.000000816. The van der Waals surface area contributed by atoms with E-state index in [9.17, 15) is 5.11 Å². The molecule has 1 atom stereocenters. The molecule has 0 radical (unpaired) electrons. The average molecular weight is 404 g/mol. The number of nitrogens with zero attached hydrogens (tertiary/aromatic N) is 1. The van der Waals surface area contributed by atoms with E-state index in [1.54, 1.807) is 0 Å². The predicted octanol–water partition coefficient (Wildman–Crippen LogP) is 4.45. The first-order chi connectivity index (χ1) is 11.0. The standard InChI is InChI=1S/C17H20NOP.2ClH.Ti/c1-11-7-6-10-15(16(11)19)20-17-12(2)8-5-9-14(17)13(3)18-4;;;/h5-10,19-20H,1-4H3;2*1H;/q;;;+2/p-2. The normalized spacial score (nSPS) is 11.3. The summed E-state index contributed by atoms with van der Waals surface area (Å²) in [5, 5.41) is 12.5. The van der Waals surface area contributed by atoms with Gasteiger partial charge in [-0.25, -0.2) is 0 Å². The van der Waals surface area contributed by atoms with Crippen LogP contribution in [0.4, 0.5) is 0 Å². The fraction of sp³-hybridized carbons (Fsp3) is 0.235. The van der Waals surface area contributed by atoms with Crippen molar-refractivity contribution < 1.29 is 22.1 Å². The number of phenolic OH excluding ortho intramolecular Hbond substituents is 1. The molecule has 0 spiro atoms. The number of aliphatic imine (C=N–C) groups is 1. The Kier molecular flexibility index (Phi) is 9.43. The molecule has 0 saturated carbocycles. The molecule has 0 bridgehead atoms. The molecule has 0 aliphatic rings. The van der Waals surface area contributed by atoms with E-state index in [2.05, 4.69) is 30.1 Å². The van der Waals surface area contributed by atoms with Crippen LogP contribution in [-0.2, 0) is 17.0 Å². The molecule has 23 heavy (non-hydrogen) atoms. The van der Waals surface area contributed by atoms with Crippen LogP contribution in [0.3, 0.4) is 0 Å². The van der Waals surface area contributed by atoms with Crippen molar-refractivity contribution in [3.8, 4) is 5.75 Å². The number of benzene rings is 2. The van der Waals surface area contributed by atoms with Gasteiger partial charge in [-0.3, -0.25) is 4.99 Å². The van der Waals surface area contributed by atoms with E-state index in [1.807, 2.05) is 39.1 Å². The Morgan fingerprint density at radius 1 is 1.09 bits per heavy atom. The summed E-state index contributed by atoms with van der Waals surface area (Å²) < 4.78 is 0. The third-order valence-corrected chi connectivity index (χ3v) is 5.08. The zero-order valence-corrected chi connectivity index (χ0v) is 17.7. The molecule has 2 aromatic carbocycles. The average Bonchev–Trinajstić information content (AvgIpc) is 2.53. The van der Waals surface area contributed by atoms with E-state index < -0.39 is 17.0 Å². The van der Waals surface area contributed by atoms with Gasteiger partial charge in [0, 0.05) is 23.6 Å². The monoisotopic (exact) mass is 403 g/mol. The third kappa shape index (κ3) is 5.89. The van der Waals surface area contributed by atoms with Crippen molar-refractivity contribution in [2.45, 2.75) is 20.8 Å². The molecule has 2 aromatic rings. The van der Waals surface area contributed by atoms with Crippen molar-refractivity contribution in [1.82, 2.24) is 0 Å². The number of hydrogen-bond acceptors (Lipinski definition) is 2. The summed E-state index contributed by atoms with van der Waals surface area (Å²) in [6.45, 7) is 6.07. The Morgan fingerprint density at radius 2 is 1.65 bits per heavy atom. The molecule has 1 N–H and O–H groups in total. The number of halogens is 2. The van der Waals surface area contributed by atoms with Crippen LogP contribution in [0.2, 0.25) is 0 Å². The maximum atomic E-state index is 10.2. The summed E-state index contributed by atoms with van der Waals surface area (Å²) in [5.41, 5.74) is 4.37. The van der Waals surface area contributed by atoms with Crippen LogP contribution in [0.1, 0.15) is 23.6 Å². The van der Waals surface area contributed by atoms with Gasteiger partial charge in [0.15, 0.2) is 0 Å². The fourth-order valence-corrected chi connectivity index (χ4v) is 3.59. The van der Waals surface area contributed by atoms with E-state index in [0.717, 1.165) is 16.6 Å². The molecule has 122 valence electrons. The first kappa shape index (κ1) is 20.7. The van der Waals surface area contributed by atoms with Crippen molar-refractivity contribution in [3.05, 3.63) is 53.1 Å². The summed E-state index contributed by atoms with van der Waals surface area (Å²) in [4.78, 5) is 4.30. The second kappa shape index (κ2) is 10.5. The Morgan fingerprint density at radius 3 is 2.26 bits per heavy atom.